The highest BCUT2D eigenvalue weighted by molar-refractivity contribution is 9.10. The van der Waals surface area contributed by atoms with E-state index in [9.17, 15) is 9.18 Å². The maximum absolute atomic E-state index is 13.6. The Hall–Kier alpha value is -1.46. The van der Waals surface area contributed by atoms with E-state index in [1.807, 2.05) is 6.92 Å². The minimum Gasteiger partial charge on any atom is -0.318 e. The van der Waals surface area contributed by atoms with E-state index in [-0.39, 0.29) is 16.4 Å². The number of carbonyl (C=O) groups is 1. The van der Waals surface area contributed by atoms with Crippen molar-refractivity contribution < 1.29 is 9.18 Å². The predicted octanol–water partition coefficient (Wildman–Crippen LogP) is 4.20. The summed E-state index contributed by atoms with van der Waals surface area (Å²) in [6.07, 6.45) is 0. The number of aryl methyl sites for hydroxylation is 1. The third-order valence-corrected chi connectivity index (χ3v) is 3.56. The summed E-state index contributed by atoms with van der Waals surface area (Å²) in [5.74, 6) is -1.16. The summed E-state index contributed by atoms with van der Waals surface area (Å²) in [5, 5.41) is 2.39. The number of aromatic nitrogens is 1. The van der Waals surface area contributed by atoms with E-state index < -0.39 is 11.7 Å². The van der Waals surface area contributed by atoms with Crippen molar-refractivity contribution in [3.05, 3.63) is 57.0 Å². The Morgan fingerprint density at radius 2 is 2.11 bits per heavy atom. The number of nitrogens with one attached hydrogen (secondary N) is 1. The number of benzene rings is 1. The molecule has 1 N–H and O–H groups in total. The molecule has 0 bridgehead atoms. The number of hydrogen-bond donors (Lipinski definition) is 1. The number of anilines is 1. The zero-order chi connectivity index (χ0) is 14.0. The van der Waals surface area contributed by atoms with Crippen molar-refractivity contribution in [1.82, 2.24) is 4.98 Å². The lowest BCUT2D eigenvalue weighted by molar-refractivity contribution is 0.102. The lowest BCUT2D eigenvalue weighted by Gasteiger charge is -2.07. The molecule has 2 rings (SSSR count). The highest BCUT2D eigenvalue weighted by Crippen LogP contribution is 2.22. The minimum atomic E-state index is -0.663. The van der Waals surface area contributed by atoms with Gasteiger partial charge in [0.15, 0.2) is 5.82 Å². The van der Waals surface area contributed by atoms with Crippen LogP contribution in [0.1, 0.15) is 16.1 Å². The molecular formula is C13H9BrClFN2O. The highest BCUT2D eigenvalue weighted by atomic mass is 79.9. The van der Waals surface area contributed by atoms with Crippen LogP contribution >= 0.6 is 27.5 Å². The van der Waals surface area contributed by atoms with Gasteiger partial charge in [-0.1, -0.05) is 23.7 Å². The summed E-state index contributed by atoms with van der Waals surface area (Å²) in [7, 11) is 0. The first-order valence-electron chi connectivity index (χ1n) is 5.37. The molecule has 0 spiro atoms. The van der Waals surface area contributed by atoms with Crippen LogP contribution in [0.15, 0.2) is 34.9 Å². The topological polar surface area (TPSA) is 42.0 Å². The van der Waals surface area contributed by atoms with Gasteiger partial charge in [-0.2, -0.15) is 0 Å². The van der Waals surface area contributed by atoms with Gasteiger partial charge in [0, 0.05) is 0 Å². The van der Waals surface area contributed by atoms with Gasteiger partial charge in [0.2, 0.25) is 0 Å². The molecule has 0 aliphatic rings. The second kappa shape index (κ2) is 5.67. The van der Waals surface area contributed by atoms with Crippen molar-refractivity contribution >= 4 is 39.1 Å². The van der Waals surface area contributed by atoms with Gasteiger partial charge in [0.25, 0.3) is 5.91 Å². The molecule has 0 radical (unpaired) electrons. The van der Waals surface area contributed by atoms with Crippen molar-refractivity contribution in [2.45, 2.75) is 6.92 Å². The Morgan fingerprint density at radius 1 is 1.37 bits per heavy atom. The van der Waals surface area contributed by atoms with Crippen LogP contribution in [0.2, 0.25) is 5.02 Å². The highest BCUT2D eigenvalue weighted by Gasteiger charge is 2.13. The molecule has 0 saturated heterocycles. The fourth-order valence-electron chi connectivity index (χ4n) is 1.42. The number of rotatable bonds is 2. The predicted molar refractivity (Wildman–Crippen MR) is 76.0 cm³/mol. The van der Waals surface area contributed by atoms with E-state index in [4.69, 9.17) is 11.6 Å². The Labute approximate surface area is 122 Å². The molecule has 2 aromatic rings. The van der Waals surface area contributed by atoms with E-state index in [1.165, 1.54) is 12.1 Å². The Morgan fingerprint density at radius 3 is 2.79 bits per heavy atom. The second-order valence-corrected chi connectivity index (χ2v) is 5.02. The molecule has 0 aliphatic heterocycles. The van der Waals surface area contributed by atoms with E-state index in [0.717, 1.165) is 5.56 Å². The normalized spacial score (nSPS) is 10.3. The van der Waals surface area contributed by atoms with Gasteiger partial charge in [-0.05, 0) is 46.6 Å². The summed E-state index contributed by atoms with van der Waals surface area (Å²) in [6, 6.07) is 7.72. The molecule has 0 atom stereocenters. The maximum atomic E-state index is 13.6. The summed E-state index contributed by atoms with van der Waals surface area (Å²) in [5.41, 5.74) is 1.12. The van der Waals surface area contributed by atoms with E-state index >= 15 is 0 Å². The fraction of sp³-hybridized carbons (Fsp3) is 0.0769. The number of halogens is 3. The largest absolute Gasteiger partial charge is 0.318 e. The first-order chi connectivity index (χ1) is 8.99. The molecule has 0 unspecified atom stereocenters. The molecule has 0 fully saturated rings. The third kappa shape index (κ3) is 3.11. The molecule has 1 aromatic carbocycles. The molecule has 6 heteroatoms. The van der Waals surface area contributed by atoms with Crippen LogP contribution in [0.4, 0.5) is 10.1 Å². The molecule has 98 valence electrons. The molecule has 1 heterocycles. The van der Waals surface area contributed by atoms with E-state index in [2.05, 4.69) is 26.2 Å². The first-order valence-corrected chi connectivity index (χ1v) is 6.54. The molecule has 19 heavy (non-hydrogen) atoms. The van der Waals surface area contributed by atoms with Crippen LogP contribution in [0.3, 0.4) is 0 Å². The maximum Gasteiger partial charge on any atom is 0.274 e. The fourth-order valence-corrected chi connectivity index (χ4v) is 1.91. The van der Waals surface area contributed by atoms with Crippen LogP contribution in [-0.2, 0) is 0 Å². The Balaban J connectivity index is 2.26. The lowest BCUT2D eigenvalue weighted by atomic mass is 10.2. The molecule has 1 aromatic heterocycles. The average Bonchev–Trinajstić information content (AvgIpc) is 2.38. The Bertz CT molecular complexity index is 649. The minimum absolute atomic E-state index is 0.0241. The third-order valence-electron chi connectivity index (χ3n) is 2.47. The summed E-state index contributed by atoms with van der Waals surface area (Å²) in [4.78, 5) is 16.0. The Kier molecular flexibility index (Phi) is 4.17. The van der Waals surface area contributed by atoms with E-state index in [0.29, 0.717) is 4.60 Å². The van der Waals surface area contributed by atoms with Crippen molar-refractivity contribution in [3.8, 4) is 0 Å². The van der Waals surface area contributed by atoms with Crippen molar-refractivity contribution in [2.24, 2.45) is 0 Å². The lowest BCUT2D eigenvalue weighted by Crippen LogP contribution is -2.15. The number of pyridine rings is 1. The van der Waals surface area contributed by atoms with Gasteiger partial charge in [-0.25, -0.2) is 9.37 Å². The van der Waals surface area contributed by atoms with Gasteiger partial charge in [0.05, 0.1) is 10.7 Å². The quantitative estimate of drug-likeness (QED) is 0.831. The van der Waals surface area contributed by atoms with Gasteiger partial charge >= 0.3 is 0 Å². The van der Waals surface area contributed by atoms with E-state index in [1.54, 1.807) is 18.2 Å². The summed E-state index contributed by atoms with van der Waals surface area (Å²) < 4.78 is 14.2. The zero-order valence-corrected chi connectivity index (χ0v) is 12.2. The van der Waals surface area contributed by atoms with Crippen molar-refractivity contribution in [3.63, 3.8) is 0 Å². The smallest absolute Gasteiger partial charge is 0.274 e. The summed E-state index contributed by atoms with van der Waals surface area (Å²) in [6.45, 7) is 1.86. The van der Waals surface area contributed by atoms with Crippen LogP contribution in [0.25, 0.3) is 0 Å². The molecular weight excluding hydrogens is 335 g/mol. The second-order valence-electron chi connectivity index (χ2n) is 3.86. The molecule has 0 aliphatic carbocycles. The van der Waals surface area contributed by atoms with Crippen LogP contribution in [0.5, 0.6) is 0 Å². The standard InChI is InChI=1S/C13H9BrClFN2O/c1-7-5-6-10(17-12(7)14)13(19)18-9-4-2-3-8(15)11(9)16/h2-6H,1H3,(H,18,19). The number of nitrogens with zero attached hydrogens (tertiary/aromatic N) is 1. The van der Waals surface area contributed by atoms with Gasteiger partial charge < -0.3 is 5.32 Å². The molecule has 1 amide bonds. The average molecular weight is 344 g/mol. The van der Waals surface area contributed by atoms with Crippen molar-refractivity contribution in [2.75, 3.05) is 5.32 Å². The van der Waals surface area contributed by atoms with Gasteiger partial charge in [-0.3, -0.25) is 4.79 Å². The van der Waals surface area contributed by atoms with Crippen LogP contribution < -0.4 is 5.32 Å². The van der Waals surface area contributed by atoms with Gasteiger partial charge in [0.1, 0.15) is 10.3 Å². The summed E-state index contributed by atoms with van der Waals surface area (Å²) >= 11 is 8.88. The zero-order valence-electron chi connectivity index (χ0n) is 9.88. The number of hydrogen-bond acceptors (Lipinski definition) is 2. The van der Waals surface area contributed by atoms with Gasteiger partial charge in [-0.15, -0.1) is 0 Å². The number of carbonyl (C=O) groups excluding carboxylic acids is 1. The molecule has 3 nitrogen and oxygen atoms in total. The molecule has 0 saturated carbocycles. The monoisotopic (exact) mass is 342 g/mol. The van der Waals surface area contributed by atoms with Crippen molar-refractivity contribution in [1.29, 1.82) is 0 Å². The SMILES string of the molecule is Cc1ccc(C(=O)Nc2cccc(Cl)c2F)nc1Br. The van der Waals surface area contributed by atoms with Crippen LogP contribution in [-0.4, -0.2) is 10.9 Å². The first kappa shape index (κ1) is 14.0. The number of amides is 1. The van der Waals surface area contributed by atoms with Crippen LogP contribution in [0, 0.1) is 12.7 Å².